The van der Waals surface area contributed by atoms with Gasteiger partial charge in [-0.3, -0.25) is 0 Å². The molecule has 19 heavy (non-hydrogen) atoms. The molecule has 2 rings (SSSR count). The van der Waals surface area contributed by atoms with Gasteiger partial charge in [-0.1, -0.05) is 44.5 Å². The van der Waals surface area contributed by atoms with Crippen LogP contribution in [0, 0.1) is 0 Å². The first-order chi connectivity index (χ1) is 9.24. The fourth-order valence-electron chi connectivity index (χ4n) is 2.17. The van der Waals surface area contributed by atoms with E-state index in [-0.39, 0.29) is 0 Å². The minimum Gasteiger partial charge on any atom is -0.467 e. The molecule has 100 valence electrons. The number of hydrogen-bond acceptors (Lipinski definition) is 3. The number of hydrogen-bond donors (Lipinski definition) is 0. The molecule has 1 atom stereocenters. The van der Waals surface area contributed by atoms with Crippen LogP contribution >= 0.6 is 0 Å². The Morgan fingerprint density at radius 1 is 1.05 bits per heavy atom. The molecule has 0 saturated carbocycles. The number of aromatic nitrogens is 2. The van der Waals surface area contributed by atoms with Gasteiger partial charge in [-0.2, -0.15) is 0 Å². The molecule has 1 heterocycles. The number of benzene rings is 1. The Hall–Kier alpha value is -1.90. The Kier molecular flexibility index (Phi) is 4.50. The van der Waals surface area contributed by atoms with Gasteiger partial charge in [-0.25, -0.2) is 9.97 Å². The SMILES string of the molecule is CCCC(C)c1ccc(-c2cnc(OC)nc2)cc1. The molecule has 0 spiro atoms. The quantitative estimate of drug-likeness (QED) is 0.809. The van der Waals surface area contributed by atoms with Gasteiger partial charge >= 0.3 is 6.01 Å². The van der Waals surface area contributed by atoms with Gasteiger partial charge in [0.1, 0.15) is 0 Å². The fraction of sp³-hybridized carbons (Fsp3) is 0.375. The van der Waals surface area contributed by atoms with Gasteiger partial charge in [0.15, 0.2) is 0 Å². The second kappa shape index (κ2) is 6.32. The summed E-state index contributed by atoms with van der Waals surface area (Å²) in [6, 6.07) is 9.05. The van der Waals surface area contributed by atoms with Crippen LogP contribution in [0.4, 0.5) is 0 Å². The van der Waals surface area contributed by atoms with E-state index in [1.165, 1.54) is 18.4 Å². The highest BCUT2D eigenvalue weighted by atomic mass is 16.5. The van der Waals surface area contributed by atoms with E-state index < -0.39 is 0 Å². The van der Waals surface area contributed by atoms with Gasteiger partial charge in [-0.05, 0) is 23.5 Å². The van der Waals surface area contributed by atoms with E-state index in [2.05, 4.69) is 48.1 Å². The molecular weight excluding hydrogens is 236 g/mol. The summed E-state index contributed by atoms with van der Waals surface area (Å²) in [7, 11) is 1.57. The predicted molar refractivity (Wildman–Crippen MR) is 77.3 cm³/mol. The van der Waals surface area contributed by atoms with Crippen molar-refractivity contribution in [3.8, 4) is 17.1 Å². The highest BCUT2D eigenvalue weighted by Crippen LogP contribution is 2.24. The Labute approximate surface area is 114 Å². The Balaban J connectivity index is 2.17. The summed E-state index contributed by atoms with van der Waals surface area (Å²) in [5, 5.41) is 0. The molecule has 1 unspecified atom stereocenters. The highest BCUT2D eigenvalue weighted by molar-refractivity contribution is 5.61. The van der Waals surface area contributed by atoms with Crippen molar-refractivity contribution in [3.63, 3.8) is 0 Å². The lowest BCUT2D eigenvalue weighted by atomic mass is 9.95. The Bertz CT molecular complexity index is 505. The van der Waals surface area contributed by atoms with Crippen molar-refractivity contribution in [1.82, 2.24) is 9.97 Å². The normalized spacial score (nSPS) is 12.2. The molecule has 1 aromatic carbocycles. The number of rotatable bonds is 5. The third-order valence-electron chi connectivity index (χ3n) is 3.35. The van der Waals surface area contributed by atoms with Crippen LogP contribution < -0.4 is 4.74 Å². The summed E-state index contributed by atoms with van der Waals surface area (Å²) in [5.74, 6) is 0.617. The van der Waals surface area contributed by atoms with Crippen LogP contribution in [-0.4, -0.2) is 17.1 Å². The van der Waals surface area contributed by atoms with Crippen LogP contribution in [0.1, 0.15) is 38.2 Å². The van der Waals surface area contributed by atoms with Crippen LogP contribution in [0.3, 0.4) is 0 Å². The molecule has 0 fully saturated rings. The largest absolute Gasteiger partial charge is 0.467 e. The Morgan fingerprint density at radius 2 is 1.68 bits per heavy atom. The standard InChI is InChI=1S/C16H20N2O/c1-4-5-12(2)13-6-8-14(9-7-13)15-10-17-16(19-3)18-11-15/h6-12H,4-5H2,1-3H3. The molecule has 0 N–H and O–H groups in total. The van der Waals surface area contributed by atoms with E-state index in [1.54, 1.807) is 19.5 Å². The average Bonchev–Trinajstić information content (AvgIpc) is 2.48. The van der Waals surface area contributed by atoms with Crippen LogP contribution in [0.5, 0.6) is 6.01 Å². The van der Waals surface area contributed by atoms with E-state index in [0.717, 1.165) is 11.1 Å². The molecule has 0 amide bonds. The summed E-state index contributed by atoms with van der Waals surface area (Å²) in [5.41, 5.74) is 3.53. The first-order valence-corrected chi connectivity index (χ1v) is 6.71. The number of ether oxygens (including phenoxy) is 1. The molecular formula is C16H20N2O. The second-order valence-electron chi connectivity index (χ2n) is 4.77. The molecule has 3 nitrogen and oxygen atoms in total. The molecule has 0 bridgehead atoms. The first kappa shape index (κ1) is 13.5. The summed E-state index contributed by atoms with van der Waals surface area (Å²) in [6.45, 7) is 4.49. The number of nitrogens with zero attached hydrogens (tertiary/aromatic N) is 2. The lowest BCUT2D eigenvalue weighted by Crippen LogP contribution is -1.93. The molecule has 0 aliphatic heterocycles. The van der Waals surface area contributed by atoms with Gasteiger partial charge in [0.05, 0.1) is 7.11 Å². The highest BCUT2D eigenvalue weighted by Gasteiger charge is 2.05. The molecule has 2 aromatic rings. The maximum Gasteiger partial charge on any atom is 0.316 e. The van der Waals surface area contributed by atoms with Crippen molar-refractivity contribution < 1.29 is 4.74 Å². The summed E-state index contributed by atoms with van der Waals surface area (Å²) < 4.78 is 4.96. The van der Waals surface area contributed by atoms with E-state index in [0.29, 0.717) is 11.9 Å². The zero-order valence-electron chi connectivity index (χ0n) is 11.8. The lowest BCUT2D eigenvalue weighted by Gasteiger charge is -2.11. The second-order valence-corrected chi connectivity index (χ2v) is 4.77. The van der Waals surface area contributed by atoms with E-state index in [9.17, 15) is 0 Å². The van der Waals surface area contributed by atoms with Gasteiger partial charge < -0.3 is 4.74 Å². The fourth-order valence-corrected chi connectivity index (χ4v) is 2.17. The summed E-state index contributed by atoms with van der Waals surface area (Å²) in [4.78, 5) is 8.25. The molecule has 0 aliphatic rings. The average molecular weight is 256 g/mol. The van der Waals surface area contributed by atoms with Crippen LogP contribution in [0.15, 0.2) is 36.7 Å². The smallest absolute Gasteiger partial charge is 0.316 e. The predicted octanol–water partition coefficient (Wildman–Crippen LogP) is 4.06. The van der Waals surface area contributed by atoms with E-state index in [1.807, 2.05) is 0 Å². The lowest BCUT2D eigenvalue weighted by molar-refractivity contribution is 0.380. The Morgan fingerprint density at radius 3 is 2.21 bits per heavy atom. The molecule has 0 aliphatic carbocycles. The third kappa shape index (κ3) is 3.31. The van der Waals surface area contributed by atoms with Crippen molar-refractivity contribution in [2.75, 3.05) is 7.11 Å². The van der Waals surface area contributed by atoms with Crippen molar-refractivity contribution >= 4 is 0 Å². The summed E-state index contributed by atoms with van der Waals surface area (Å²) >= 11 is 0. The van der Waals surface area contributed by atoms with Crippen molar-refractivity contribution in [2.24, 2.45) is 0 Å². The molecule has 0 saturated heterocycles. The van der Waals surface area contributed by atoms with E-state index in [4.69, 9.17) is 4.74 Å². The van der Waals surface area contributed by atoms with Gasteiger partial charge in [0, 0.05) is 18.0 Å². The van der Waals surface area contributed by atoms with Gasteiger partial charge in [0.25, 0.3) is 0 Å². The first-order valence-electron chi connectivity index (χ1n) is 6.71. The van der Waals surface area contributed by atoms with Crippen molar-refractivity contribution in [2.45, 2.75) is 32.6 Å². The monoisotopic (exact) mass is 256 g/mol. The summed E-state index contributed by atoms with van der Waals surface area (Å²) in [6.07, 6.45) is 6.02. The minimum atomic E-state index is 0.400. The van der Waals surface area contributed by atoms with Crippen molar-refractivity contribution in [3.05, 3.63) is 42.2 Å². The zero-order chi connectivity index (χ0) is 13.7. The maximum atomic E-state index is 4.96. The third-order valence-corrected chi connectivity index (χ3v) is 3.35. The topological polar surface area (TPSA) is 35.0 Å². The van der Waals surface area contributed by atoms with E-state index >= 15 is 0 Å². The van der Waals surface area contributed by atoms with Crippen LogP contribution in [0.25, 0.3) is 11.1 Å². The number of methoxy groups -OCH3 is 1. The van der Waals surface area contributed by atoms with Crippen LogP contribution in [0.2, 0.25) is 0 Å². The van der Waals surface area contributed by atoms with Gasteiger partial charge in [-0.15, -0.1) is 0 Å². The molecule has 3 heteroatoms. The zero-order valence-corrected chi connectivity index (χ0v) is 11.8. The van der Waals surface area contributed by atoms with Crippen molar-refractivity contribution in [1.29, 1.82) is 0 Å². The molecule has 1 aromatic heterocycles. The molecule has 0 radical (unpaired) electrons. The van der Waals surface area contributed by atoms with Crippen LogP contribution in [-0.2, 0) is 0 Å². The minimum absolute atomic E-state index is 0.400. The van der Waals surface area contributed by atoms with Gasteiger partial charge in [0.2, 0.25) is 0 Å². The maximum absolute atomic E-state index is 4.96.